The molecule has 0 spiro atoms. The van der Waals surface area contributed by atoms with Gasteiger partial charge in [0.25, 0.3) is 11.8 Å². The number of carbonyl (C=O) groups excluding carboxylic acids is 4. The van der Waals surface area contributed by atoms with Crippen molar-refractivity contribution in [3.63, 3.8) is 0 Å². The van der Waals surface area contributed by atoms with Crippen LogP contribution in [0.4, 0.5) is 5.82 Å². The summed E-state index contributed by atoms with van der Waals surface area (Å²) in [5.74, 6) is 0.423. The number of imide groups is 2. The molecule has 0 saturated carbocycles. The molecule has 326 valence electrons. The van der Waals surface area contributed by atoms with Crippen LogP contribution < -0.4 is 15.8 Å². The maximum absolute atomic E-state index is 13.4. The Kier molecular flexibility index (Phi) is 11.5. The van der Waals surface area contributed by atoms with Crippen molar-refractivity contribution in [1.82, 2.24) is 44.7 Å². The van der Waals surface area contributed by atoms with Gasteiger partial charge in [0.15, 0.2) is 5.65 Å². The molecular weight excluding hydrogens is 797 g/mol. The number of carbonyl (C=O) groups is 4. The number of fused-ring (bicyclic) bond motifs is 2. The fourth-order valence-electron chi connectivity index (χ4n) is 10.5. The highest BCUT2D eigenvalue weighted by Crippen LogP contribution is 2.37. The van der Waals surface area contributed by atoms with E-state index in [0.717, 1.165) is 142 Å². The Morgan fingerprint density at radius 3 is 2.19 bits per heavy atom. The standard InChI is InChI=1S/C48H54N10O5/c49-44-42-43(32-9-12-37(13-10-32)63-36-7-2-1-3-8-36)53-58(45(42)51-30-50-44)35-6-4-23-56(29-35)34-19-26-55(27-20-34)22-5-21-54-24-17-31(18-25-54)33-11-14-38-39(28-33)48(62)57(47(38)61)40-15-16-41(59)52-46(40)60/h1-3,7-14,28,30-31,34-35,40H,4-6,15-27,29H2,(H2,49,50,51)(H,52,59,60). The molecule has 0 bridgehead atoms. The smallest absolute Gasteiger partial charge is 0.262 e. The molecular formula is C48H54N10O5. The van der Waals surface area contributed by atoms with Crippen LogP contribution in [0.5, 0.6) is 11.5 Å². The molecule has 0 radical (unpaired) electrons. The summed E-state index contributed by atoms with van der Waals surface area (Å²) in [5, 5.41) is 8.25. The highest BCUT2D eigenvalue weighted by molar-refractivity contribution is 6.23. The van der Waals surface area contributed by atoms with Gasteiger partial charge in [0.1, 0.15) is 35.4 Å². The number of hydrogen-bond acceptors (Lipinski definition) is 12. The first-order valence-electron chi connectivity index (χ1n) is 22.6. The summed E-state index contributed by atoms with van der Waals surface area (Å²) in [6.07, 6.45) is 9.40. The maximum Gasteiger partial charge on any atom is 0.262 e. The number of ether oxygens (including phenoxy) is 1. The lowest BCUT2D eigenvalue weighted by Crippen LogP contribution is -2.54. The number of aromatic nitrogens is 4. The van der Waals surface area contributed by atoms with E-state index in [2.05, 4.69) is 29.7 Å². The van der Waals surface area contributed by atoms with E-state index in [1.165, 1.54) is 0 Å². The molecule has 10 rings (SSSR count). The van der Waals surface area contributed by atoms with Gasteiger partial charge in [-0.15, -0.1) is 0 Å². The first-order valence-corrected chi connectivity index (χ1v) is 22.6. The molecule has 3 N–H and O–H groups in total. The Morgan fingerprint density at radius 2 is 1.44 bits per heavy atom. The quantitative estimate of drug-likeness (QED) is 0.157. The van der Waals surface area contributed by atoms with Gasteiger partial charge in [0.05, 0.1) is 22.6 Å². The number of hydrogen-bond donors (Lipinski definition) is 2. The molecule has 15 heteroatoms. The lowest BCUT2D eigenvalue weighted by molar-refractivity contribution is -0.136. The molecule has 15 nitrogen and oxygen atoms in total. The molecule has 2 atom stereocenters. The number of para-hydroxylation sites is 1. The van der Waals surface area contributed by atoms with Gasteiger partial charge in [-0.05, 0) is 157 Å². The zero-order valence-corrected chi connectivity index (χ0v) is 35.5. The molecule has 3 aromatic carbocycles. The van der Waals surface area contributed by atoms with E-state index in [0.29, 0.717) is 28.9 Å². The molecule has 5 aliphatic heterocycles. The molecule has 4 fully saturated rings. The minimum atomic E-state index is -0.949. The molecule has 7 heterocycles. The molecule has 4 amide bonds. The van der Waals surface area contributed by atoms with Crippen molar-refractivity contribution in [2.75, 3.05) is 58.1 Å². The molecule has 0 aliphatic carbocycles. The number of rotatable bonds is 11. The molecule has 2 aromatic heterocycles. The van der Waals surface area contributed by atoms with E-state index in [1.54, 1.807) is 12.4 Å². The third-order valence-corrected chi connectivity index (χ3v) is 13.9. The van der Waals surface area contributed by atoms with Crippen molar-refractivity contribution in [3.8, 4) is 22.8 Å². The molecule has 5 aromatic rings. The number of benzene rings is 3. The second-order valence-electron chi connectivity index (χ2n) is 17.8. The van der Waals surface area contributed by atoms with Gasteiger partial charge in [-0.1, -0.05) is 24.3 Å². The van der Waals surface area contributed by atoms with Crippen LogP contribution in [0.15, 0.2) is 79.1 Å². The van der Waals surface area contributed by atoms with Crippen LogP contribution in [0.3, 0.4) is 0 Å². The van der Waals surface area contributed by atoms with Gasteiger partial charge < -0.3 is 20.3 Å². The van der Waals surface area contributed by atoms with Crippen molar-refractivity contribution in [1.29, 1.82) is 0 Å². The summed E-state index contributed by atoms with van der Waals surface area (Å²) in [6.45, 7) is 8.41. The van der Waals surface area contributed by atoms with Crippen LogP contribution >= 0.6 is 0 Å². The van der Waals surface area contributed by atoms with Crippen LogP contribution in [-0.4, -0.2) is 127 Å². The minimum absolute atomic E-state index is 0.109. The van der Waals surface area contributed by atoms with Crippen molar-refractivity contribution < 1.29 is 23.9 Å². The molecule has 4 saturated heterocycles. The Balaban J connectivity index is 0.691. The summed E-state index contributed by atoms with van der Waals surface area (Å²) in [5.41, 5.74) is 10.8. The van der Waals surface area contributed by atoms with Gasteiger partial charge in [0.2, 0.25) is 11.8 Å². The third-order valence-electron chi connectivity index (χ3n) is 13.9. The monoisotopic (exact) mass is 850 g/mol. The SMILES string of the molecule is Nc1ncnc2c1c(-c1ccc(Oc3ccccc3)cc1)nn2C1CCCN(C2CCN(CCCN3CCC(c4ccc5c(c4)C(=O)N(C4CCC(=O)NC4=O)C5=O)CC3)CC2)C1. The summed E-state index contributed by atoms with van der Waals surface area (Å²) in [4.78, 5) is 68.7. The topological polar surface area (TPSA) is 172 Å². The molecule has 63 heavy (non-hydrogen) atoms. The Labute approximate surface area is 366 Å². The fraction of sp³-hybridized carbons (Fsp3) is 0.438. The number of nitrogen functional groups attached to an aromatic ring is 1. The highest BCUT2D eigenvalue weighted by atomic mass is 16.5. The zero-order chi connectivity index (χ0) is 43.0. The Morgan fingerprint density at radius 1 is 0.730 bits per heavy atom. The van der Waals surface area contributed by atoms with Crippen molar-refractivity contribution in [2.45, 2.75) is 81.8 Å². The van der Waals surface area contributed by atoms with Crippen LogP contribution in [0.2, 0.25) is 0 Å². The van der Waals surface area contributed by atoms with Gasteiger partial charge >= 0.3 is 0 Å². The van der Waals surface area contributed by atoms with E-state index in [9.17, 15) is 19.2 Å². The van der Waals surface area contributed by atoms with Crippen LogP contribution in [-0.2, 0) is 9.59 Å². The number of nitrogens with two attached hydrogens (primary N) is 1. The van der Waals surface area contributed by atoms with E-state index in [4.69, 9.17) is 20.6 Å². The normalized spacial score (nSPS) is 22.2. The van der Waals surface area contributed by atoms with Gasteiger partial charge in [-0.3, -0.25) is 34.3 Å². The first kappa shape index (κ1) is 41.0. The lowest BCUT2D eigenvalue weighted by Gasteiger charge is -2.42. The summed E-state index contributed by atoms with van der Waals surface area (Å²) < 4.78 is 8.14. The van der Waals surface area contributed by atoms with Crippen molar-refractivity contribution in [3.05, 3.63) is 95.8 Å². The number of nitrogens with zero attached hydrogens (tertiary/aromatic N) is 8. The van der Waals surface area contributed by atoms with Crippen LogP contribution in [0, 0.1) is 0 Å². The Bertz CT molecular complexity index is 2510. The van der Waals surface area contributed by atoms with E-state index >= 15 is 0 Å². The number of likely N-dealkylation sites (tertiary alicyclic amines) is 3. The van der Waals surface area contributed by atoms with Crippen molar-refractivity contribution >= 4 is 40.5 Å². The highest BCUT2D eigenvalue weighted by Gasteiger charge is 2.45. The van der Waals surface area contributed by atoms with E-state index in [-0.39, 0.29) is 24.8 Å². The fourth-order valence-corrected chi connectivity index (χ4v) is 10.5. The Hall–Kier alpha value is -6.03. The van der Waals surface area contributed by atoms with Gasteiger partial charge in [-0.2, -0.15) is 5.10 Å². The predicted molar refractivity (Wildman–Crippen MR) is 237 cm³/mol. The van der Waals surface area contributed by atoms with Crippen molar-refractivity contribution in [2.24, 2.45) is 0 Å². The number of anilines is 1. The summed E-state index contributed by atoms with van der Waals surface area (Å²) in [6, 6.07) is 23.1. The second-order valence-corrected chi connectivity index (χ2v) is 17.8. The number of nitrogens with one attached hydrogen (secondary N) is 1. The zero-order valence-electron chi connectivity index (χ0n) is 35.5. The summed E-state index contributed by atoms with van der Waals surface area (Å²) >= 11 is 0. The average molecular weight is 851 g/mol. The molecule has 5 aliphatic rings. The first-order chi connectivity index (χ1) is 30.8. The minimum Gasteiger partial charge on any atom is -0.457 e. The van der Waals surface area contributed by atoms with Gasteiger partial charge in [-0.25, -0.2) is 14.6 Å². The predicted octanol–water partition coefficient (Wildman–Crippen LogP) is 5.64. The van der Waals surface area contributed by atoms with Crippen LogP contribution in [0.1, 0.15) is 96.0 Å². The van der Waals surface area contributed by atoms with E-state index in [1.807, 2.05) is 66.7 Å². The average Bonchev–Trinajstić information content (AvgIpc) is 3.82. The number of piperidine rings is 4. The lowest BCUT2D eigenvalue weighted by atomic mass is 9.87. The van der Waals surface area contributed by atoms with Crippen LogP contribution in [0.25, 0.3) is 22.3 Å². The maximum atomic E-state index is 13.4. The summed E-state index contributed by atoms with van der Waals surface area (Å²) in [7, 11) is 0. The third kappa shape index (κ3) is 8.32. The number of amides is 4. The van der Waals surface area contributed by atoms with Gasteiger partial charge in [0, 0.05) is 24.6 Å². The second kappa shape index (κ2) is 17.6. The molecule has 2 unspecified atom stereocenters. The van der Waals surface area contributed by atoms with E-state index < -0.39 is 23.8 Å². The largest absolute Gasteiger partial charge is 0.457 e.